The fourth-order valence-corrected chi connectivity index (χ4v) is 6.27. The van der Waals surface area contributed by atoms with Gasteiger partial charge in [0, 0.05) is 11.7 Å². The van der Waals surface area contributed by atoms with Crippen molar-refractivity contribution < 1.29 is 26.0 Å². The number of benzene rings is 2. The van der Waals surface area contributed by atoms with Crippen LogP contribution in [0.2, 0.25) is 0 Å². The van der Waals surface area contributed by atoms with Gasteiger partial charge in [0.15, 0.2) is 0 Å². The second kappa shape index (κ2) is 10.3. The third-order valence-electron chi connectivity index (χ3n) is 5.76. The molecule has 0 aromatic heterocycles. The van der Waals surface area contributed by atoms with Gasteiger partial charge in [-0.3, -0.25) is 4.79 Å². The average molecular weight is 498 g/mol. The first-order valence-electron chi connectivity index (χ1n) is 10.7. The molecular formula is C22H28FN3O5S2. The average Bonchev–Trinajstić information content (AvgIpc) is 2.79. The maximum atomic E-state index is 13.4. The molecule has 1 saturated carbocycles. The number of hydrogen-bond donors (Lipinski definition) is 2. The summed E-state index contributed by atoms with van der Waals surface area (Å²) in [4.78, 5) is 12.8. The molecule has 0 saturated heterocycles. The highest BCUT2D eigenvalue weighted by molar-refractivity contribution is 7.89. The van der Waals surface area contributed by atoms with Gasteiger partial charge in [0.2, 0.25) is 26.0 Å². The molecule has 0 aliphatic heterocycles. The van der Waals surface area contributed by atoms with Crippen molar-refractivity contribution in [3.8, 4) is 0 Å². The molecule has 8 nitrogen and oxygen atoms in total. The lowest BCUT2D eigenvalue weighted by Gasteiger charge is -2.33. The Morgan fingerprint density at radius 3 is 2.21 bits per heavy atom. The van der Waals surface area contributed by atoms with Crippen LogP contribution in [0.15, 0.2) is 52.3 Å². The van der Waals surface area contributed by atoms with Crippen molar-refractivity contribution in [1.82, 2.24) is 9.03 Å². The molecule has 1 amide bonds. The molecule has 0 heterocycles. The first kappa shape index (κ1) is 25.3. The predicted octanol–water partition coefficient (Wildman–Crippen LogP) is 3.00. The minimum absolute atomic E-state index is 0.0195. The Labute approximate surface area is 194 Å². The normalized spacial score (nSPS) is 15.5. The van der Waals surface area contributed by atoms with E-state index < -0.39 is 38.3 Å². The van der Waals surface area contributed by atoms with E-state index >= 15 is 0 Å². The number of anilines is 1. The second-order valence-electron chi connectivity index (χ2n) is 8.03. The van der Waals surface area contributed by atoms with Crippen molar-refractivity contribution in [2.24, 2.45) is 0 Å². The number of sulfonamides is 2. The molecule has 1 aliphatic rings. The highest BCUT2D eigenvalue weighted by Gasteiger charge is 2.34. The quantitative estimate of drug-likeness (QED) is 0.582. The summed E-state index contributed by atoms with van der Waals surface area (Å²) in [5.74, 6) is -1.14. The van der Waals surface area contributed by atoms with Crippen LogP contribution in [0.25, 0.3) is 0 Å². The number of carbonyl (C=O) groups excluding carboxylic acids is 1. The molecular weight excluding hydrogens is 469 g/mol. The summed E-state index contributed by atoms with van der Waals surface area (Å²) in [5.41, 5.74) is 0.906. The molecule has 0 unspecified atom stereocenters. The van der Waals surface area contributed by atoms with Crippen LogP contribution in [0.3, 0.4) is 0 Å². The van der Waals surface area contributed by atoms with Crippen molar-refractivity contribution in [1.29, 1.82) is 0 Å². The molecule has 0 atom stereocenters. The Morgan fingerprint density at radius 2 is 1.61 bits per heavy atom. The van der Waals surface area contributed by atoms with Gasteiger partial charge in [-0.15, -0.1) is 0 Å². The van der Waals surface area contributed by atoms with Crippen molar-refractivity contribution in [3.05, 3.63) is 53.8 Å². The first-order valence-corrected chi connectivity index (χ1v) is 13.6. The summed E-state index contributed by atoms with van der Waals surface area (Å²) in [6.45, 7) is 1.27. The summed E-state index contributed by atoms with van der Waals surface area (Å²) < 4.78 is 67.7. The molecule has 180 valence electrons. The lowest BCUT2D eigenvalue weighted by atomic mass is 9.95. The summed E-state index contributed by atoms with van der Waals surface area (Å²) in [7, 11) is -6.48. The third-order valence-corrected chi connectivity index (χ3v) is 9.09. The minimum atomic E-state index is -4.05. The maximum Gasteiger partial charge on any atom is 0.243 e. The molecule has 3 rings (SSSR count). The summed E-state index contributed by atoms with van der Waals surface area (Å²) >= 11 is 0. The Bertz CT molecular complexity index is 1210. The number of rotatable bonds is 8. The molecule has 1 aliphatic carbocycles. The topological polar surface area (TPSA) is 113 Å². The molecule has 0 bridgehead atoms. The van der Waals surface area contributed by atoms with Gasteiger partial charge >= 0.3 is 0 Å². The van der Waals surface area contributed by atoms with Crippen molar-refractivity contribution in [2.45, 2.75) is 54.9 Å². The fraction of sp³-hybridized carbons (Fsp3) is 0.409. The van der Waals surface area contributed by atoms with Crippen LogP contribution in [0.4, 0.5) is 10.1 Å². The van der Waals surface area contributed by atoms with Gasteiger partial charge in [-0.1, -0.05) is 25.3 Å². The number of aryl methyl sites for hydroxylation is 1. The maximum absolute atomic E-state index is 13.4. The van der Waals surface area contributed by atoms with Gasteiger partial charge in [-0.05, 0) is 68.8 Å². The zero-order valence-corrected chi connectivity index (χ0v) is 20.2. The second-order valence-corrected chi connectivity index (χ2v) is 11.8. The Kier molecular flexibility index (Phi) is 7.88. The summed E-state index contributed by atoms with van der Waals surface area (Å²) in [6.07, 6.45) is 3.96. The standard InChI is InChI=1S/C22H28FN3O5S2/c1-16-8-11-20(32(28,29)24-2)14-21(16)25-22(27)15-26(18-6-4-3-5-7-18)33(30,31)19-12-9-17(23)10-13-19/h8-14,18,24H,3-7,15H2,1-2H3,(H,25,27). The molecule has 2 N–H and O–H groups in total. The zero-order chi connectivity index (χ0) is 24.2. The minimum Gasteiger partial charge on any atom is -0.325 e. The van der Waals surface area contributed by atoms with Crippen molar-refractivity contribution in [2.75, 3.05) is 18.9 Å². The Morgan fingerprint density at radius 1 is 1.00 bits per heavy atom. The smallest absolute Gasteiger partial charge is 0.243 e. The Hall–Kier alpha value is -2.34. The van der Waals surface area contributed by atoms with Crippen LogP contribution in [0.1, 0.15) is 37.7 Å². The molecule has 0 spiro atoms. The van der Waals surface area contributed by atoms with Crippen molar-refractivity contribution >= 4 is 31.6 Å². The van der Waals surface area contributed by atoms with Crippen LogP contribution >= 0.6 is 0 Å². The number of carbonyl (C=O) groups is 1. The largest absolute Gasteiger partial charge is 0.325 e. The summed E-state index contributed by atoms with van der Waals surface area (Å²) in [6, 6.07) is 8.49. The lowest BCUT2D eigenvalue weighted by molar-refractivity contribution is -0.116. The van der Waals surface area contributed by atoms with Gasteiger partial charge < -0.3 is 5.32 Å². The fourth-order valence-electron chi connectivity index (χ4n) is 3.87. The highest BCUT2D eigenvalue weighted by atomic mass is 32.2. The van der Waals surface area contributed by atoms with E-state index in [0.29, 0.717) is 18.4 Å². The number of amides is 1. The van der Waals surface area contributed by atoms with E-state index in [1.54, 1.807) is 13.0 Å². The van der Waals surface area contributed by atoms with Crippen molar-refractivity contribution in [3.63, 3.8) is 0 Å². The van der Waals surface area contributed by atoms with E-state index in [2.05, 4.69) is 10.0 Å². The first-order chi connectivity index (χ1) is 15.5. The van der Waals surface area contributed by atoms with Gasteiger partial charge in [0.1, 0.15) is 5.82 Å². The van der Waals surface area contributed by atoms with Crippen LogP contribution in [-0.4, -0.2) is 46.7 Å². The van der Waals surface area contributed by atoms with Crippen LogP contribution in [-0.2, 0) is 24.8 Å². The number of hydrogen-bond acceptors (Lipinski definition) is 5. The molecule has 0 radical (unpaired) electrons. The van der Waals surface area contributed by atoms with E-state index in [9.17, 15) is 26.0 Å². The summed E-state index contributed by atoms with van der Waals surface area (Å²) in [5, 5.41) is 2.65. The third kappa shape index (κ3) is 5.97. The van der Waals surface area contributed by atoms with Crippen LogP contribution in [0.5, 0.6) is 0 Å². The molecule has 2 aromatic rings. The molecule has 1 fully saturated rings. The van der Waals surface area contributed by atoms with E-state index in [1.807, 2.05) is 0 Å². The van der Waals surface area contributed by atoms with Gasteiger partial charge in [0.05, 0.1) is 16.3 Å². The zero-order valence-electron chi connectivity index (χ0n) is 18.5. The lowest BCUT2D eigenvalue weighted by Crippen LogP contribution is -2.45. The van der Waals surface area contributed by atoms with Crippen LogP contribution < -0.4 is 10.0 Å². The number of nitrogens with zero attached hydrogens (tertiary/aromatic N) is 1. The molecule has 11 heteroatoms. The molecule has 33 heavy (non-hydrogen) atoms. The van der Waals surface area contributed by atoms with Crippen LogP contribution in [0, 0.1) is 12.7 Å². The highest BCUT2D eigenvalue weighted by Crippen LogP contribution is 2.28. The van der Waals surface area contributed by atoms with E-state index in [4.69, 9.17) is 0 Å². The van der Waals surface area contributed by atoms with E-state index in [1.165, 1.54) is 35.6 Å². The number of nitrogens with one attached hydrogen (secondary N) is 2. The predicted molar refractivity (Wildman–Crippen MR) is 123 cm³/mol. The molecule has 2 aromatic carbocycles. The number of halogens is 1. The monoisotopic (exact) mass is 497 g/mol. The van der Waals surface area contributed by atoms with Gasteiger partial charge in [0.25, 0.3) is 0 Å². The van der Waals surface area contributed by atoms with Gasteiger partial charge in [-0.2, -0.15) is 4.31 Å². The SMILES string of the molecule is CNS(=O)(=O)c1ccc(C)c(NC(=O)CN(C2CCCCC2)S(=O)(=O)c2ccc(F)cc2)c1. The Balaban J connectivity index is 1.88. The van der Waals surface area contributed by atoms with Gasteiger partial charge in [-0.25, -0.2) is 25.9 Å². The van der Waals surface area contributed by atoms with E-state index in [-0.39, 0.29) is 21.5 Å². The van der Waals surface area contributed by atoms with E-state index in [0.717, 1.165) is 31.4 Å².